The van der Waals surface area contributed by atoms with Crippen molar-refractivity contribution < 1.29 is 4.42 Å². The Labute approximate surface area is 110 Å². The largest absolute Gasteiger partial charge is 0.472 e. The molecular formula is C15H26N2O. The molecule has 1 saturated carbocycles. The SMILES string of the molecule is CN(Cc1ccoc1)C(CN)C1CCCCCC1. The maximum Gasteiger partial charge on any atom is 0.0947 e. The summed E-state index contributed by atoms with van der Waals surface area (Å²) in [6.07, 6.45) is 11.8. The third-order valence-corrected chi connectivity index (χ3v) is 4.26. The van der Waals surface area contributed by atoms with Crippen molar-refractivity contribution >= 4 is 0 Å². The van der Waals surface area contributed by atoms with Crippen LogP contribution in [0.2, 0.25) is 0 Å². The van der Waals surface area contributed by atoms with Crippen molar-refractivity contribution in [2.24, 2.45) is 11.7 Å². The normalized spacial score (nSPS) is 19.9. The van der Waals surface area contributed by atoms with Gasteiger partial charge in [0.1, 0.15) is 0 Å². The van der Waals surface area contributed by atoms with Crippen LogP contribution in [0.15, 0.2) is 23.0 Å². The van der Waals surface area contributed by atoms with Gasteiger partial charge in [-0.25, -0.2) is 0 Å². The number of nitrogens with two attached hydrogens (primary N) is 1. The number of hydrogen-bond acceptors (Lipinski definition) is 3. The Morgan fingerprint density at radius 1 is 1.33 bits per heavy atom. The van der Waals surface area contributed by atoms with Crippen molar-refractivity contribution in [3.8, 4) is 0 Å². The molecule has 102 valence electrons. The van der Waals surface area contributed by atoms with Gasteiger partial charge in [-0.1, -0.05) is 25.7 Å². The summed E-state index contributed by atoms with van der Waals surface area (Å²) < 4.78 is 5.14. The summed E-state index contributed by atoms with van der Waals surface area (Å²) in [5, 5.41) is 0. The van der Waals surface area contributed by atoms with Gasteiger partial charge >= 0.3 is 0 Å². The van der Waals surface area contributed by atoms with Crippen molar-refractivity contribution in [1.82, 2.24) is 4.90 Å². The van der Waals surface area contributed by atoms with Gasteiger partial charge in [0.2, 0.25) is 0 Å². The van der Waals surface area contributed by atoms with Gasteiger partial charge in [0, 0.05) is 24.7 Å². The van der Waals surface area contributed by atoms with E-state index < -0.39 is 0 Å². The second kappa shape index (κ2) is 6.95. The molecule has 0 radical (unpaired) electrons. The number of likely N-dealkylation sites (N-methyl/N-ethyl adjacent to an activating group) is 1. The van der Waals surface area contributed by atoms with E-state index in [1.165, 1.54) is 44.1 Å². The van der Waals surface area contributed by atoms with E-state index in [1.807, 2.05) is 12.3 Å². The lowest BCUT2D eigenvalue weighted by molar-refractivity contribution is 0.160. The fourth-order valence-electron chi connectivity index (χ4n) is 3.22. The average molecular weight is 250 g/mol. The monoisotopic (exact) mass is 250 g/mol. The molecule has 1 fully saturated rings. The lowest BCUT2D eigenvalue weighted by Gasteiger charge is -2.33. The van der Waals surface area contributed by atoms with Gasteiger partial charge in [-0.15, -0.1) is 0 Å². The lowest BCUT2D eigenvalue weighted by Crippen LogP contribution is -2.43. The van der Waals surface area contributed by atoms with Gasteiger partial charge in [-0.3, -0.25) is 4.90 Å². The van der Waals surface area contributed by atoms with Crippen LogP contribution in [0.1, 0.15) is 44.1 Å². The van der Waals surface area contributed by atoms with E-state index in [4.69, 9.17) is 10.2 Å². The minimum absolute atomic E-state index is 0.512. The minimum Gasteiger partial charge on any atom is -0.472 e. The van der Waals surface area contributed by atoms with Crippen LogP contribution in [0.5, 0.6) is 0 Å². The maximum absolute atomic E-state index is 6.02. The number of nitrogens with zero attached hydrogens (tertiary/aromatic N) is 1. The van der Waals surface area contributed by atoms with Crippen LogP contribution in [0.3, 0.4) is 0 Å². The van der Waals surface area contributed by atoms with E-state index >= 15 is 0 Å². The van der Waals surface area contributed by atoms with E-state index in [2.05, 4.69) is 11.9 Å². The fraction of sp³-hybridized carbons (Fsp3) is 0.733. The zero-order chi connectivity index (χ0) is 12.8. The molecule has 3 heteroatoms. The van der Waals surface area contributed by atoms with E-state index in [9.17, 15) is 0 Å². The summed E-state index contributed by atoms with van der Waals surface area (Å²) in [7, 11) is 2.19. The molecule has 1 aliphatic carbocycles. The molecular weight excluding hydrogens is 224 g/mol. The van der Waals surface area contributed by atoms with Gasteiger partial charge in [0.05, 0.1) is 12.5 Å². The molecule has 18 heavy (non-hydrogen) atoms. The highest BCUT2D eigenvalue weighted by atomic mass is 16.3. The molecule has 0 spiro atoms. The first-order valence-electron chi connectivity index (χ1n) is 7.22. The molecule has 1 aromatic rings. The highest BCUT2D eigenvalue weighted by Gasteiger charge is 2.25. The van der Waals surface area contributed by atoms with Crippen LogP contribution in [0.25, 0.3) is 0 Å². The first kappa shape index (κ1) is 13.6. The van der Waals surface area contributed by atoms with Crippen LogP contribution >= 0.6 is 0 Å². The van der Waals surface area contributed by atoms with E-state index in [0.717, 1.165) is 19.0 Å². The van der Waals surface area contributed by atoms with Crippen molar-refractivity contribution in [3.05, 3.63) is 24.2 Å². The first-order valence-corrected chi connectivity index (χ1v) is 7.22. The molecule has 2 N–H and O–H groups in total. The first-order chi connectivity index (χ1) is 8.81. The zero-order valence-corrected chi connectivity index (χ0v) is 11.5. The van der Waals surface area contributed by atoms with Crippen molar-refractivity contribution in [3.63, 3.8) is 0 Å². The molecule has 2 rings (SSSR count). The van der Waals surface area contributed by atoms with Gasteiger partial charge in [0.15, 0.2) is 0 Å². The second-order valence-electron chi connectivity index (χ2n) is 5.60. The van der Waals surface area contributed by atoms with Gasteiger partial charge in [-0.2, -0.15) is 0 Å². The second-order valence-corrected chi connectivity index (χ2v) is 5.60. The summed E-state index contributed by atoms with van der Waals surface area (Å²) in [6, 6.07) is 2.55. The molecule has 0 saturated heterocycles. The van der Waals surface area contributed by atoms with Crippen molar-refractivity contribution in [2.45, 2.75) is 51.1 Å². The molecule has 1 aliphatic rings. The highest BCUT2D eigenvalue weighted by molar-refractivity contribution is 5.05. The quantitative estimate of drug-likeness (QED) is 0.817. The number of hydrogen-bond donors (Lipinski definition) is 1. The number of furan rings is 1. The Kier molecular flexibility index (Phi) is 5.26. The van der Waals surface area contributed by atoms with Gasteiger partial charge < -0.3 is 10.2 Å². The summed E-state index contributed by atoms with van der Waals surface area (Å²) in [4.78, 5) is 2.40. The molecule has 1 heterocycles. The van der Waals surface area contributed by atoms with Crippen LogP contribution in [0, 0.1) is 5.92 Å². The van der Waals surface area contributed by atoms with Crippen LogP contribution in [-0.4, -0.2) is 24.5 Å². The summed E-state index contributed by atoms with van der Waals surface area (Å²) in [6.45, 7) is 1.70. The smallest absolute Gasteiger partial charge is 0.0947 e. The van der Waals surface area contributed by atoms with E-state index in [0.29, 0.717) is 6.04 Å². The van der Waals surface area contributed by atoms with Crippen LogP contribution in [-0.2, 0) is 6.54 Å². The third-order valence-electron chi connectivity index (χ3n) is 4.26. The molecule has 1 aromatic heterocycles. The Hall–Kier alpha value is -0.800. The topological polar surface area (TPSA) is 42.4 Å². The molecule has 0 bridgehead atoms. The lowest BCUT2D eigenvalue weighted by atomic mass is 9.90. The molecule has 0 aromatic carbocycles. The summed E-state index contributed by atoms with van der Waals surface area (Å²) in [5.74, 6) is 0.773. The van der Waals surface area contributed by atoms with E-state index in [1.54, 1.807) is 6.26 Å². The van der Waals surface area contributed by atoms with E-state index in [-0.39, 0.29) is 0 Å². The Bertz CT molecular complexity index is 315. The third kappa shape index (κ3) is 3.59. The van der Waals surface area contributed by atoms with Gasteiger partial charge in [0.25, 0.3) is 0 Å². The number of rotatable bonds is 5. The predicted octanol–water partition coefficient (Wildman–Crippen LogP) is 3.01. The zero-order valence-electron chi connectivity index (χ0n) is 11.5. The molecule has 0 amide bonds. The minimum atomic E-state index is 0.512. The summed E-state index contributed by atoms with van der Waals surface area (Å²) >= 11 is 0. The highest BCUT2D eigenvalue weighted by Crippen LogP contribution is 2.28. The molecule has 1 unspecified atom stereocenters. The molecule has 0 aliphatic heterocycles. The van der Waals surface area contributed by atoms with Gasteiger partial charge in [-0.05, 0) is 31.9 Å². The van der Waals surface area contributed by atoms with Crippen molar-refractivity contribution in [1.29, 1.82) is 0 Å². The average Bonchev–Trinajstić information content (AvgIpc) is 2.72. The van der Waals surface area contributed by atoms with Crippen molar-refractivity contribution in [2.75, 3.05) is 13.6 Å². The molecule has 1 atom stereocenters. The Morgan fingerprint density at radius 2 is 2.06 bits per heavy atom. The maximum atomic E-state index is 6.02. The fourth-order valence-corrected chi connectivity index (χ4v) is 3.22. The summed E-state index contributed by atoms with van der Waals surface area (Å²) in [5.41, 5.74) is 7.26. The van der Waals surface area contributed by atoms with Crippen LogP contribution < -0.4 is 5.73 Å². The van der Waals surface area contributed by atoms with Crippen LogP contribution in [0.4, 0.5) is 0 Å². The Morgan fingerprint density at radius 3 is 2.61 bits per heavy atom. The molecule has 3 nitrogen and oxygen atoms in total. The Balaban J connectivity index is 1.93. The standard InChI is InChI=1S/C15H26N2O/c1-17(11-13-8-9-18-12-13)15(10-16)14-6-4-2-3-5-7-14/h8-9,12,14-15H,2-7,10-11,16H2,1H3. The predicted molar refractivity (Wildman–Crippen MR) is 74.2 cm³/mol.